The standard InChI is InChI=1S/C14H24N4O2/c1-5-19-8-12-16-11(15)6-13(17-12)18-7-10(2)20-14(3,4)9-18/h6,10H,5,7-9H2,1-4H3,(H2,15,16,17). The molecule has 0 aliphatic carbocycles. The van der Waals surface area contributed by atoms with E-state index in [4.69, 9.17) is 15.2 Å². The molecule has 2 heterocycles. The molecule has 0 aromatic carbocycles. The molecule has 0 saturated carbocycles. The molecule has 0 spiro atoms. The minimum Gasteiger partial charge on any atom is -0.384 e. The summed E-state index contributed by atoms with van der Waals surface area (Å²) in [6.45, 7) is 10.8. The second-order valence-electron chi connectivity index (χ2n) is 5.77. The van der Waals surface area contributed by atoms with Gasteiger partial charge in [0.1, 0.15) is 18.2 Å². The number of rotatable bonds is 4. The quantitative estimate of drug-likeness (QED) is 0.903. The summed E-state index contributed by atoms with van der Waals surface area (Å²) in [6, 6.07) is 1.81. The van der Waals surface area contributed by atoms with Crippen LogP contribution in [-0.4, -0.2) is 41.4 Å². The predicted octanol–water partition coefficient (Wildman–Crippen LogP) is 1.60. The maximum Gasteiger partial charge on any atom is 0.158 e. The molecule has 1 aromatic rings. The number of nitrogen functional groups attached to an aromatic ring is 1. The number of morpholine rings is 1. The summed E-state index contributed by atoms with van der Waals surface area (Å²) in [5, 5.41) is 0. The highest BCUT2D eigenvalue weighted by Crippen LogP contribution is 2.25. The Bertz CT molecular complexity index is 464. The fraction of sp³-hybridized carbons (Fsp3) is 0.714. The topological polar surface area (TPSA) is 73.5 Å². The van der Waals surface area contributed by atoms with Gasteiger partial charge in [-0.2, -0.15) is 0 Å². The molecule has 112 valence electrons. The summed E-state index contributed by atoms with van der Waals surface area (Å²) in [7, 11) is 0. The highest BCUT2D eigenvalue weighted by atomic mass is 16.5. The van der Waals surface area contributed by atoms with Crippen LogP contribution in [0.4, 0.5) is 11.6 Å². The van der Waals surface area contributed by atoms with Gasteiger partial charge in [0, 0.05) is 25.8 Å². The summed E-state index contributed by atoms with van der Waals surface area (Å²) in [5.41, 5.74) is 5.68. The van der Waals surface area contributed by atoms with Crippen molar-refractivity contribution in [2.75, 3.05) is 30.3 Å². The Morgan fingerprint density at radius 1 is 1.50 bits per heavy atom. The molecular formula is C14H24N4O2. The number of hydrogen-bond donors (Lipinski definition) is 1. The Hall–Kier alpha value is -1.40. The van der Waals surface area contributed by atoms with Crippen LogP contribution < -0.4 is 10.6 Å². The van der Waals surface area contributed by atoms with Gasteiger partial charge in [0.05, 0.1) is 11.7 Å². The van der Waals surface area contributed by atoms with E-state index in [1.54, 1.807) is 0 Å². The molecule has 0 bridgehead atoms. The van der Waals surface area contributed by atoms with Gasteiger partial charge in [-0.1, -0.05) is 0 Å². The van der Waals surface area contributed by atoms with E-state index in [2.05, 4.69) is 35.6 Å². The molecule has 0 amide bonds. The minimum absolute atomic E-state index is 0.158. The third-order valence-corrected chi connectivity index (χ3v) is 3.11. The Labute approximate surface area is 120 Å². The van der Waals surface area contributed by atoms with Gasteiger partial charge in [0.2, 0.25) is 0 Å². The minimum atomic E-state index is -0.197. The summed E-state index contributed by atoms with van der Waals surface area (Å²) in [6.07, 6.45) is 0.158. The monoisotopic (exact) mass is 280 g/mol. The van der Waals surface area contributed by atoms with Gasteiger partial charge in [-0.05, 0) is 27.7 Å². The van der Waals surface area contributed by atoms with Crippen molar-refractivity contribution in [1.29, 1.82) is 0 Å². The first-order valence-corrected chi connectivity index (χ1v) is 7.03. The third kappa shape index (κ3) is 3.80. The Balaban J connectivity index is 2.20. The maximum absolute atomic E-state index is 5.91. The Kier molecular flexibility index (Phi) is 4.45. The van der Waals surface area contributed by atoms with E-state index in [-0.39, 0.29) is 11.7 Å². The smallest absolute Gasteiger partial charge is 0.158 e. The molecule has 20 heavy (non-hydrogen) atoms. The molecule has 1 saturated heterocycles. The zero-order chi connectivity index (χ0) is 14.8. The van der Waals surface area contributed by atoms with Gasteiger partial charge >= 0.3 is 0 Å². The maximum atomic E-state index is 5.91. The lowest BCUT2D eigenvalue weighted by Gasteiger charge is -2.42. The van der Waals surface area contributed by atoms with Crippen molar-refractivity contribution in [1.82, 2.24) is 9.97 Å². The SMILES string of the molecule is CCOCc1nc(N)cc(N2CC(C)OC(C)(C)C2)n1. The van der Waals surface area contributed by atoms with Crippen LogP contribution in [-0.2, 0) is 16.1 Å². The molecule has 2 rings (SSSR count). The molecule has 1 fully saturated rings. The number of nitrogens with two attached hydrogens (primary N) is 1. The first-order valence-electron chi connectivity index (χ1n) is 7.03. The molecule has 1 aromatic heterocycles. The largest absolute Gasteiger partial charge is 0.384 e. The number of ether oxygens (including phenoxy) is 2. The van der Waals surface area contributed by atoms with Crippen molar-refractivity contribution < 1.29 is 9.47 Å². The van der Waals surface area contributed by atoms with Crippen LogP contribution in [0.15, 0.2) is 6.07 Å². The van der Waals surface area contributed by atoms with Crippen LogP contribution >= 0.6 is 0 Å². The highest BCUT2D eigenvalue weighted by Gasteiger charge is 2.32. The summed E-state index contributed by atoms with van der Waals surface area (Å²) < 4.78 is 11.3. The van der Waals surface area contributed by atoms with Crippen LogP contribution in [0.5, 0.6) is 0 Å². The molecule has 0 radical (unpaired) electrons. The van der Waals surface area contributed by atoms with Crippen molar-refractivity contribution in [2.24, 2.45) is 0 Å². The van der Waals surface area contributed by atoms with Gasteiger partial charge < -0.3 is 20.1 Å². The summed E-state index contributed by atoms with van der Waals surface area (Å²) >= 11 is 0. The van der Waals surface area contributed by atoms with Crippen molar-refractivity contribution in [3.8, 4) is 0 Å². The Morgan fingerprint density at radius 3 is 2.90 bits per heavy atom. The normalized spacial score (nSPS) is 22.0. The molecule has 1 atom stereocenters. The number of anilines is 2. The van der Waals surface area contributed by atoms with Crippen molar-refractivity contribution in [3.63, 3.8) is 0 Å². The van der Waals surface area contributed by atoms with Gasteiger partial charge in [-0.3, -0.25) is 0 Å². The van der Waals surface area contributed by atoms with Crippen molar-refractivity contribution in [2.45, 2.75) is 46.0 Å². The summed E-state index contributed by atoms with van der Waals surface area (Å²) in [4.78, 5) is 11.0. The predicted molar refractivity (Wildman–Crippen MR) is 78.6 cm³/mol. The molecule has 1 aliphatic rings. The van der Waals surface area contributed by atoms with Crippen LogP contribution in [0, 0.1) is 0 Å². The first kappa shape index (κ1) is 15.0. The van der Waals surface area contributed by atoms with E-state index in [0.717, 1.165) is 18.9 Å². The molecule has 2 N–H and O–H groups in total. The average Bonchev–Trinajstić information content (AvgIpc) is 2.33. The molecule has 1 unspecified atom stereocenters. The first-order chi connectivity index (χ1) is 9.39. The fourth-order valence-corrected chi connectivity index (χ4v) is 2.55. The van der Waals surface area contributed by atoms with Crippen LogP contribution in [0.25, 0.3) is 0 Å². The van der Waals surface area contributed by atoms with Gasteiger partial charge in [-0.15, -0.1) is 0 Å². The highest BCUT2D eigenvalue weighted by molar-refractivity contribution is 5.47. The van der Waals surface area contributed by atoms with Crippen molar-refractivity contribution in [3.05, 3.63) is 11.9 Å². The van der Waals surface area contributed by atoms with Crippen LogP contribution in [0.2, 0.25) is 0 Å². The van der Waals surface area contributed by atoms with Gasteiger partial charge in [0.15, 0.2) is 5.82 Å². The Morgan fingerprint density at radius 2 is 2.25 bits per heavy atom. The van der Waals surface area contributed by atoms with E-state index in [1.807, 2.05) is 13.0 Å². The molecule has 6 heteroatoms. The van der Waals surface area contributed by atoms with E-state index >= 15 is 0 Å². The van der Waals surface area contributed by atoms with Gasteiger partial charge in [0.25, 0.3) is 0 Å². The van der Waals surface area contributed by atoms with Crippen LogP contribution in [0.1, 0.15) is 33.5 Å². The van der Waals surface area contributed by atoms with Gasteiger partial charge in [-0.25, -0.2) is 9.97 Å². The van der Waals surface area contributed by atoms with E-state index in [1.165, 1.54) is 0 Å². The number of nitrogens with zero attached hydrogens (tertiary/aromatic N) is 3. The van der Waals surface area contributed by atoms with E-state index in [0.29, 0.717) is 24.9 Å². The zero-order valence-corrected chi connectivity index (χ0v) is 12.7. The lowest BCUT2D eigenvalue weighted by atomic mass is 10.1. The lowest BCUT2D eigenvalue weighted by molar-refractivity contribution is -0.0751. The number of aromatic nitrogens is 2. The second kappa shape index (κ2) is 5.93. The lowest BCUT2D eigenvalue weighted by Crippen LogP contribution is -2.52. The zero-order valence-electron chi connectivity index (χ0n) is 12.7. The average molecular weight is 280 g/mol. The third-order valence-electron chi connectivity index (χ3n) is 3.11. The molecular weight excluding hydrogens is 256 g/mol. The summed E-state index contributed by atoms with van der Waals surface area (Å²) in [5.74, 6) is 1.94. The van der Waals surface area contributed by atoms with E-state index < -0.39 is 0 Å². The fourth-order valence-electron chi connectivity index (χ4n) is 2.55. The number of hydrogen-bond acceptors (Lipinski definition) is 6. The molecule has 6 nitrogen and oxygen atoms in total. The van der Waals surface area contributed by atoms with E-state index in [9.17, 15) is 0 Å². The van der Waals surface area contributed by atoms with Crippen LogP contribution in [0.3, 0.4) is 0 Å². The van der Waals surface area contributed by atoms with Crippen molar-refractivity contribution >= 4 is 11.6 Å². The second-order valence-corrected chi connectivity index (χ2v) is 5.77. The molecule has 1 aliphatic heterocycles.